The van der Waals surface area contributed by atoms with Crippen molar-refractivity contribution in [2.45, 2.75) is 13.3 Å². The summed E-state index contributed by atoms with van der Waals surface area (Å²) in [5.41, 5.74) is 0.436. The van der Waals surface area contributed by atoms with Crippen LogP contribution in [-0.2, 0) is 9.84 Å². The summed E-state index contributed by atoms with van der Waals surface area (Å²) < 4.78 is 28.2. The van der Waals surface area contributed by atoms with Crippen LogP contribution in [0.4, 0.5) is 0 Å². The summed E-state index contributed by atoms with van der Waals surface area (Å²) in [6, 6.07) is 6.57. The van der Waals surface area contributed by atoms with Crippen LogP contribution in [0.25, 0.3) is 0 Å². The van der Waals surface area contributed by atoms with Crippen molar-refractivity contribution in [1.82, 2.24) is 0 Å². The molecule has 0 amide bonds. The Morgan fingerprint density at radius 2 is 2.11 bits per heavy atom. The van der Waals surface area contributed by atoms with Gasteiger partial charge in [-0.1, -0.05) is 18.5 Å². The lowest BCUT2D eigenvalue weighted by molar-refractivity contribution is 0.341. The van der Waals surface area contributed by atoms with Gasteiger partial charge in [-0.25, -0.2) is 8.42 Å². The summed E-state index contributed by atoms with van der Waals surface area (Å²) in [4.78, 5) is 0. The molecule has 0 bridgehead atoms. The molecule has 0 spiro atoms. The SMILES string of the molecule is CCCS(=O)(=O)CCOc1ccc(C#N)cc1Cl. The van der Waals surface area contributed by atoms with E-state index >= 15 is 0 Å². The second-order valence-corrected chi connectivity index (χ2v) is 6.47. The first-order valence-electron chi connectivity index (χ1n) is 5.51. The lowest BCUT2D eigenvalue weighted by Gasteiger charge is -2.08. The van der Waals surface area contributed by atoms with Gasteiger partial charge in [-0.05, 0) is 24.6 Å². The minimum absolute atomic E-state index is 0.0306. The van der Waals surface area contributed by atoms with Crippen LogP contribution in [0.2, 0.25) is 5.02 Å². The summed E-state index contributed by atoms with van der Waals surface area (Å²) in [6.45, 7) is 1.88. The molecule has 0 aromatic heterocycles. The van der Waals surface area contributed by atoms with Crippen LogP contribution in [0.1, 0.15) is 18.9 Å². The summed E-state index contributed by atoms with van der Waals surface area (Å²) in [6.07, 6.45) is 0.597. The van der Waals surface area contributed by atoms with E-state index in [1.165, 1.54) is 6.07 Å². The zero-order valence-electron chi connectivity index (χ0n) is 10.0. The normalized spacial score (nSPS) is 10.9. The Balaban J connectivity index is 2.58. The quantitative estimate of drug-likeness (QED) is 0.806. The molecule has 4 nitrogen and oxygen atoms in total. The van der Waals surface area contributed by atoms with Gasteiger partial charge in [0.05, 0.1) is 28.2 Å². The van der Waals surface area contributed by atoms with E-state index < -0.39 is 9.84 Å². The zero-order chi connectivity index (χ0) is 13.6. The van der Waals surface area contributed by atoms with Crippen LogP contribution >= 0.6 is 11.6 Å². The molecule has 0 aliphatic heterocycles. The second kappa shape index (κ2) is 6.62. The van der Waals surface area contributed by atoms with Crippen LogP contribution in [0, 0.1) is 11.3 Å². The molecule has 0 saturated heterocycles. The number of nitrogens with zero attached hydrogens (tertiary/aromatic N) is 1. The predicted molar refractivity (Wildman–Crippen MR) is 70.6 cm³/mol. The van der Waals surface area contributed by atoms with Crippen molar-refractivity contribution in [3.05, 3.63) is 28.8 Å². The molecule has 98 valence electrons. The fourth-order valence-electron chi connectivity index (χ4n) is 1.38. The Morgan fingerprint density at radius 3 is 2.67 bits per heavy atom. The van der Waals surface area contributed by atoms with Crippen LogP contribution < -0.4 is 4.74 Å². The highest BCUT2D eigenvalue weighted by molar-refractivity contribution is 7.91. The third-order valence-corrected chi connectivity index (χ3v) is 4.34. The highest BCUT2D eigenvalue weighted by atomic mass is 35.5. The number of ether oxygens (including phenoxy) is 1. The van der Waals surface area contributed by atoms with E-state index in [4.69, 9.17) is 21.6 Å². The van der Waals surface area contributed by atoms with Gasteiger partial charge in [0.1, 0.15) is 12.4 Å². The Morgan fingerprint density at radius 1 is 1.39 bits per heavy atom. The number of halogens is 1. The molecule has 0 N–H and O–H groups in total. The van der Waals surface area contributed by atoms with Crippen molar-refractivity contribution in [3.8, 4) is 11.8 Å². The fourth-order valence-corrected chi connectivity index (χ4v) is 2.78. The van der Waals surface area contributed by atoms with E-state index in [0.29, 0.717) is 22.8 Å². The van der Waals surface area contributed by atoms with E-state index in [1.807, 2.05) is 13.0 Å². The summed E-state index contributed by atoms with van der Waals surface area (Å²) >= 11 is 5.89. The van der Waals surface area contributed by atoms with Crippen molar-refractivity contribution >= 4 is 21.4 Å². The average Bonchev–Trinajstić information content (AvgIpc) is 2.31. The highest BCUT2D eigenvalue weighted by Crippen LogP contribution is 2.25. The van der Waals surface area contributed by atoms with Crippen molar-refractivity contribution < 1.29 is 13.2 Å². The Hall–Kier alpha value is -1.25. The molecule has 0 heterocycles. The third kappa shape index (κ3) is 4.55. The summed E-state index contributed by atoms with van der Waals surface area (Å²) in [7, 11) is -3.05. The number of benzene rings is 1. The van der Waals surface area contributed by atoms with Gasteiger partial charge in [0.2, 0.25) is 0 Å². The van der Waals surface area contributed by atoms with Gasteiger partial charge in [0.25, 0.3) is 0 Å². The van der Waals surface area contributed by atoms with E-state index in [0.717, 1.165) is 0 Å². The Bertz CT molecular complexity index is 549. The van der Waals surface area contributed by atoms with Crippen LogP contribution in [0.5, 0.6) is 5.75 Å². The number of sulfone groups is 1. The van der Waals surface area contributed by atoms with Gasteiger partial charge in [-0.3, -0.25) is 0 Å². The van der Waals surface area contributed by atoms with E-state index in [2.05, 4.69) is 0 Å². The molecular weight excluding hydrogens is 274 g/mol. The first-order chi connectivity index (χ1) is 8.48. The molecule has 1 aromatic rings. The maximum Gasteiger partial charge on any atom is 0.153 e. The number of hydrogen-bond donors (Lipinski definition) is 0. The van der Waals surface area contributed by atoms with E-state index in [1.54, 1.807) is 12.1 Å². The molecule has 0 unspecified atom stereocenters. The number of rotatable bonds is 6. The molecule has 0 atom stereocenters. The standard InChI is InChI=1S/C12H14ClNO3S/c1-2-6-18(15,16)7-5-17-12-4-3-10(9-14)8-11(12)13/h3-4,8H,2,5-7H2,1H3. The highest BCUT2D eigenvalue weighted by Gasteiger charge is 2.10. The molecule has 0 aliphatic carbocycles. The molecule has 1 aromatic carbocycles. The molecule has 0 fully saturated rings. The molecule has 18 heavy (non-hydrogen) atoms. The molecule has 1 rings (SSSR count). The second-order valence-electron chi connectivity index (χ2n) is 3.76. The molecule has 0 radical (unpaired) electrons. The molecule has 0 saturated carbocycles. The van der Waals surface area contributed by atoms with Crippen molar-refractivity contribution in [1.29, 1.82) is 5.26 Å². The number of hydrogen-bond acceptors (Lipinski definition) is 4. The summed E-state index contributed by atoms with van der Waals surface area (Å²) in [5.74, 6) is 0.525. The largest absolute Gasteiger partial charge is 0.491 e. The monoisotopic (exact) mass is 287 g/mol. The van der Waals surface area contributed by atoms with Gasteiger partial charge in [0.15, 0.2) is 9.84 Å². The Kier molecular flexibility index (Phi) is 5.45. The third-order valence-electron chi connectivity index (χ3n) is 2.23. The average molecular weight is 288 g/mol. The van der Waals surface area contributed by atoms with Gasteiger partial charge >= 0.3 is 0 Å². The first kappa shape index (κ1) is 14.8. The number of nitriles is 1. The van der Waals surface area contributed by atoms with Crippen molar-refractivity contribution in [2.75, 3.05) is 18.1 Å². The van der Waals surface area contributed by atoms with Gasteiger partial charge in [-0.15, -0.1) is 0 Å². The minimum Gasteiger partial charge on any atom is -0.491 e. The van der Waals surface area contributed by atoms with Crippen LogP contribution in [0.3, 0.4) is 0 Å². The maximum atomic E-state index is 11.5. The molecule has 0 aliphatic rings. The van der Waals surface area contributed by atoms with Gasteiger partial charge < -0.3 is 4.74 Å². The zero-order valence-corrected chi connectivity index (χ0v) is 11.6. The lowest BCUT2D eigenvalue weighted by atomic mass is 10.2. The smallest absolute Gasteiger partial charge is 0.153 e. The Labute approximate surface area is 112 Å². The first-order valence-corrected chi connectivity index (χ1v) is 7.71. The maximum absolute atomic E-state index is 11.5. The minimum atomic E-state index is -3.05. The van der Waals surface area contributed by atoms with E-state index in [-0.39, 0.29) is 18.1 Å². The molecule has 6 heteroatoms. The lowest BCUT2D eigenvalue weighted by Crippen LogP contribution is -2.16. The predicted octanol–water partition coefficient (Wildman–Crippen LogP) is 2.42. The van der Waals surface area contributed by atoms with Crippen molar-refractivity contribution in [3.63, 3.8) is 0 Å². The van der Waals surface area contributed by atoms with Crippen molar-refractivity contribution in [2.24, 2.45) is 0 Å². The van der Waals surface area contributed by atoms with Crippen LogP contribution in [0.15, 0.2) is 18.2 Å². The van der Waals surface area contributed by atoms with Gasteiger partial charge in [-0.2, -0.15) is 5.26 Å². The topological polar surface area (TPSA) is 67.2 Å². The van der Waals surface area contributed by atoms with E-state index in [9.17, 15) is 8.42 Å². The summed E-state index contributed by atoms with van der Waals surface area (Å²) in [5, 5.41) is 8.97. The fraction of sp³-hybridized carbons (Fsp3) is 0.417. The van der Waals surface area contributed by atoms with Crippen LogP contribution in [-0.4, -0.2) is 26.5 Å². The van der Waals surface area contributed by atoms with Gasteiger partial charge in [0, 0.05) is 0 Å². The molecular formula is C12H14ClNO3S.